The summed E-state index contributed by atoms with van der Waals surface area (Å²) in [6.45, 7) is 7.47. The molecule has 1 heterocycles. The first-order chi connectivity index (χ1) is 10.3. The van der Waals surface area contributed by atoms with Gasteiger partial charge in [-0.25, -0.2) is 0 Å². The van der Waals surface area contributed by atoms with E-state index in [-0.39, 0.29) is 11.9 Å². The summed E-state index contributed by atoms with van der Waals surface area (Å²) >= 11 is 0. The van der Waals surface area contributed by atoms with E-state index in [2.05, 4.69) is 46.7 Å². The summed E-state index contributed by atoms with van der Waals surface area (Å²) in [4.78, 5) is 14.7. The van der Waals surface area contributed by atoms with E-state index in [1.807, 2.05) is 13.0 Å². The highest BCUT2D eigenvalue weighted by atomic mass is 16.2. The third-order valence-corrected chi connectivity index (χ3v) is 4.09. The Kier molecular flexibility index (Phi) is 6.21. The molecule has 1 aliphatic rings. The van der Waals surface area contributed by atoms with E-state index in [9.17, 15) is 4.79 Å². The van der Waals surface area contributed by atoms with E-state index >= 15 is 0 Å². The van der Waals surface area contributed by atoms with Crippen molar-refractivity contribution in [3.05, 3.63) is 35.9 Å². The summed E-state index contributed by atoms with van der Waals surface area (Å²) in [7, 11) is 0. The minimum Gasteiger partial charge on any atom is -0.355 e. The molecule has 0 aromatic heterocycles. The van der Waals surface area contributed by atoms with Crippen LogP contribution in [-0.2, 0) is 4.79 Å². The second-order valence-corrected chi connectivity index (χ2v) is 5.57. The minimum atomic E-state index is -0.0737. The number of carbonyl (C=O) groups excluding carboxylic acids is 1. The van der Waals surface area contributed by atoms with Crippen LogP contribution in [0.4, 0.5) is 0 Å². The molecule has 2 rings (SSSR count). The highest BCUT2D eigenvalue weighted by molar-refractivity contribution is 5.82. The van der Waals surface area contributed by atoms with Crippen LogP contribution in [0, 0.1) is 0 Å². The topological polar surface area (TPSA) is 44.4 Å². The van der Waals surface area contributed by atoms with E-state index in [4.69, 9.17) is 0 Å². The molecule has 1 saturated heterocycles. The number of amides is 1. The predicted octanol–water partition coefficient (Wildman–Crippen LogP) is 1.94. The van der Waals surface area contributed by atoms with Gasteiger partial charge in [-0.05, 0) is 18.9 Å². The highest BCUT2D eigenvalue weighted by Crippen LogP contribution is 2.28. The van der Waals surface area contributed by atoms with Crippen LogP contribution in [0.5, 0.6) is 0 Å². The number of benzene rings is 1. The van der Waals surface area contributed by atoms with E-state index < -0.39 is 0 Å². The smallest absolute Gasteiger partial charge is 0.238 e. The second-order valence-electron chi connectivity index (χ2n) is 5.57. The molecule has 4 nitrogen and oxygen atoms in total. The fraction of sp³-hybridized carbons (Fsp3) is 0.588. The van der Waals surface area contributed by atoms with Crippen molar-refractivity contribution in [2.75, 3.05) is 26.2 Å². The summed E-state index contributed by atoms with van der Waals surface area (Å²) in [6.07, 6.45) is 2.20. The average Bonchev–Trinajstić information content (AvgIpc) is 2.54. The van der Waals surface area contributed by atoms with Crippen LogP contribution in [0.1, 0.15) is 38.3 Å². The molecule has 1 amide bonds. The number of piperazine rings is 1. The molecule has 0 spiro atoms. The molecule has 2 N–H and O–H groups in total. The Morgan fingerprint density at radius 2 is 2.14 bits per heavy atom. The van der Waals surface area contributed by atoms with Crippen LogP contribution in [0.3, 0.4) is 0 Å². The van der Waals surface area contributed by atoms with Crippen LogP contribution in [-0.4, -0.2) is 43.0 Å². The maximum Gasteiger partial charge on any atom is 0.238 e. The molecule has 0 aliphatic carbocycles. The third-order valence-electron chi connectivity index (χ3n) is 4.09. The lowest BCUT2D eigenvalue weighted by molar-refractivity contribution is -0.128. The average molecular weight is 289 g/mol. The van der Waals surface area contributed by atoms with Gasteiger partial charge in [0.1, 0.15) is 6.04 Å². The first kappa shape index (κ1) is 16.0. The molecule has 0 saturated carbocycles. The van der Waals surface area contributed by atoms with Gasteiger partial charge in [0.05, 0.1) is 0 Å². The molecule has 0 bridgehead atoms. The van der Waals surface area contributed by atoms with E-state index in [1.54, 1.807) is 0 Å². The largest absolute Gasteiger partial charge is 0.355 e. The summed E-state index contributed by atoms with van der Waals surface area (Å²) in [5.41, 5.74) is 1.32. The Labute approximate surface area is 127 Å². The molecular weight excluding hydrogens is 262 g/mol. The minimum absolute atomic E-state index is 0.0737. The van der Waals surface area contributed by atoms with Gasteiger partial charge >= 0.3 is 0 Å². The van der Waals surface area contributed by atoms with Crippen molar-refractivity contribution in [3.8, 4) is 0 Å². The first-order valence-electron chi connectivity index (χ1n) is 8.07. The molecule has 1 aliphatic heterocycles. The number of nitrogens with one attached hydrogen (secondary N) is 2. The normalized spacial score (nSPS) is 21.0. The molecule has 0 radical (unpaired) electrons. The van der Waals surface area contributed by atoms with Crippen LogP contribution in [0.15, 0.2) is 30.3 Å². The quantitative estimate of drug-likeness (QED) is 0.841. The monoisotopic (exact) mass is 289 g/mol. The van der Waals surface area contributed by atoms with Crippen molar-refractivity contribution in [2.45, 2.75) is 38.8 Å². The fourth-order valence-corrected chi connectivity index (χ4v) is 3.10. The van der Waals surface area contributed by atoms with E-state index in [0.29, 0.717) is 12.6 Å². The molecule has 1 aromatic carbocycles. The molecule has 1 aromatic rings. The predicted molar refractivity (Wildman–Crippen MR) is 86.1 cm³/mol. The van der Waals surface area contributed by atoms with Gasteiger partial charge in [0.25, 0.3) is 0 Å². The van der Waals surface area contributed by atoms with Crippen LogP contribution >= 0.6 is 0 Å². The molecule has 1 fully saturated rings. The molecule has 2 unspecified atom stereocenters. The number of rotatable bonds is 6. The Balaban J connectivity index is 2.21. The van der Waals surface area contributed by atoms with Crippen LogP contribution in [0.2, 0.25) is 0 Å². The summed E-state index contributed by atoms with van der Waals surface area (Å²) in [5, 5.41) is 6.32. The SMILES string of the molecule is CCCC(c1ccccc1)N1CCNCC1C(=O)NCC. The van der Waals surface area contributed by atoms with Gasteiger partial charge < -0.3 is 10.6 Å². The number of hydrogen-bond acceptors (Lipinski definition) is 3. The van der Waals surface area contributed by atoms with Gasteiger partial charge in [-0.3, -0.25) is 9.69 Å². The summed E-state index contributed by atoms with van der Waals surface area (Å²) < 4.78 is 0. The lowest BCUT2D eigenvalue weighted by Gasteiger charge is -2.41. The maximum atomic E-state index is 12.4. The van der Waals surface area contributed by atoms with Gasteiger partial charge in [0.15, 0.2) is 0 Å². The lowest BCUT2D eigenvalue weighted by Crippen LogP contribution is -2.58. The molecule has 2 atom stereocenters. The maximum absolute atomic E-state index is 12.4. The number of hydrogen-bond donors (Lipinski definition) is 2. The number of carbonyl (C=O) groups is 1. The standard InChI is InChI=1S/C17H27N3O/c1-3-8-15(14-9-6-5-7-10-14)20-12-11-18-13-16(20)17(21)19-4-2/h5-7,9-10,15-16,18H,3-4,8,11-13H2,1-2H3,(H,19,21). The van der Waals surface area contributed by atoms with Crippen molar-refractivity contribution in [3.63, 3.8) is 0 Å². The molecular formula is C17H27N3O. The van der Waals surface area contributed by atoms with E-state index in [1.165, 1.54) is 5.56 Å². The van der Waals surface area contributed by atoms with Crippen LogP contribution < -0.4 is 10.6 Å². The first-order valence-corrected chi connectivity index (χ1v) is 8.07. The van der Waals surface area contributed by atoms with Crippen LogP contribution in [0.25, 0.3) is 0 Å². The zero-order valence-corrected chi connectivity index (χ0v) is 13.1. The molecule has 21 heavy (non-hydrogen) atoms. The third kappa shape index (κ3) is 4.05. The summed E-state index contributed by atoms with van der Waals surface area (Å²) in [5.74, 6) is 0.140. The van der Waals surface area contributed by atoms with Gasteiger partial charge in [0, 0.05) is 32.2 Å². The Morgan fingerprint density at radius 3 is 2.81 bits per heavy atom. The zero-order valence-electron chi connectivity index (χ0n) is 13.1. The Bertz CT molecular complexity index is 435. The molecule has 4 heteroatoms. The Morgan fingerprint density at radius 1 is 1.38 bits per heavy atom. The van der Waals surface area contributed by atoms with Gasteiger partial charge in [-0.1, -0.05) is 43.7 Å². The number of likely N-dealkylation sites (N-methyl/N-ethyl adjacent to an activating group) is 1. The van der Waals surface area contributed by atoms with Crippen molar-refractivity contribution >= 4 is 5.91 Å². The summed E-state index contributed by atoms with van der Waals surface area (Å²) in [6, 6.07) is 10.8. The molecule has 116 valence electrons. The van der Waals surface area contributed by atoms with Crippen molar-refractivity contribution in [2.24, 2.45) is 0 Å². The van der Waals surface area contributed by atoms with Gasteiger partial charge in [0.2, 0.25) is 5.91 Å². The Hall–Kier alpha value is -1.39. The second kappa shape index (κ2) is 8.15. The van der Waals surface area contributed by atoms with Crippen molar-refractivity contribution < 1.29 is 4.79 Å². The lowest BCUT2D eigenvalue weighted by atomic mass is 9.97. The van der Waals surface area contributed by atoms with E-state index in [0.717, 1.165) is 32.5 Å². The van der Waals surface area contributed by atoms with Gasteiger partial charge in [-0.2, -0.15) is 0 Å². The zero-order chi connectivity index (χ0) is 15.1. The van der Waals surface area contributed by atoms with Crippen molar-refractivity contribution in [1.29, 1.82) is 0 Å². The number of nitrogens with zero attached hydrogens (tertiary/aromatic N) is 1. The fourth-order valence-electron chi connectivity index (χ4n) is 3.10. The van der Waals surface area contributed by atoms with Gasteiger partial charge in [-0.15, -0.1) is 0 Å². The highest BCUT2D eigenvalue weighted by Gasteiger charge is 2.33. The van der Waals surface area contributed by atoms with Crippen molar-refractivity contribution in [1.82, 2.24) is 15.5 Å².